The number of rotatable bonds is 8. The summed E-state index contributed by atoms with van der Waals surface area (Å²) in [7, 11) is 2.93. The summed E-state index contributed by atoms with van der Waals surface area (Å²) in [5, 5.41) is 10.1. The predicted octanol–water partition coefficient (Wildman–Crippen LogP) is 3.22. The first-order valence-corrected chi connectivity index (χ1v) is 8.96. The smallest absolute Gasteiger partial charge is 0.348 e. The van der Waals surface area contributed by atoms with Gasteiger partial charge in [-0.25, -0.2) is 9.78 Å². The first-order valence-electron chi connectivity index (χ1n) is 8.96. The Bertz CT molecular complexity index is 924. The summed E-state index contributed by atoms with van der Waals surface area (Å²) in [6.45, 7) is 1.78. The van der Waals surface area contributed by atoms with Crippen LogP contribution >= 0.6 is 0 Å². The predicted molar refractivity (Wildman–Crippen MR) is 106 cm³/mol. The van der Waals surface area contributed by atoms with Crippen LogP contribution in [0.4, 0.5) is 0 Å². The molecule has 1 atom stereocenters. The minimum atomic E-state index is -1.47. The molecule has 0 saturated carbocycles. The molecule has 0 fully saturated rings. The van der Waals surface area contributed by atoms with Crippen LogP contribution < -0.4 is 9.47 Å². The molecule has 3 rings (SSSR count). The normalized spacial score (nSPS) is 12.2. The summed E-state index contributed by atoms with van der Waals surface area (Å²) in [4.78, 5) is 20.7. The van der Waals surface area contributed by atoms with Gasteiger partial charge in [-0.15, -0.1) is 0 Å². The second-order valence-corrected chi connectivity index (χ2v) is 6.35. The van der Waals surface area contributed by atoms with E-state index in [0.717, 1.165) is 0 Å². The Labute approximate surface area is 168 Å². The van der Waals surface area contributed by atoms with Crippen LogP contribution in [0.1, 0.15) is 16.7 Å². The number of hydrogen-bond donors (Lipinski definition) is 1. The number of benzene rings is 2. The average Bonchev–Trinajstić information content (AvgIpc) is 2.76. The fourth-order valence-electron chi connectivity index (χ4n) is 3.27. The van der Waals surface area contributed by atoms with Crippen LogP contribution in [0.3, 0.4) is 0 Å². The summed E-state index contributed by atoms with van der Waals surface area (Å²) >= 11 is 0. The van der Waals surface area contributed by atoms with Crippen molar-refractivity contribution in [3.63, 3.8) is 0 Å². The molecule has 0 aliphatic rings. The molecule has 0 aliphatic carbocycles. The maximum atomic E-state index is 12.4. The highest BCUT2D eigenvalue weighted by atomic mass is 16.6. The van der Waals surface area contributed by atoms with Crippen LogP contribution in [-0.4, -0.2) is 41.4 Å². The minimum absolute atomic E-state index is 0.117. The number of carboxylic acid groups (broad SMARTS) is 1. The third-order valence-corrected chi connectivity index (χ3v) is 4.64. The molecule has 0 saturated heterocycles. The summed E-state index contributed by atoms with van der Waals surface area (Å²) in [5.74, 6) is -0.913. The maximum Gasteiger partial charge on any atom is 0.348 e. The number of aryl methyl sites for hydroxylation is 1. The van der Waals surface area contributed by atoms with Crippen molar-refractivity contribution >= 4 is 5.97 Å². The summed E-state index contributed by atoms with van der Waals surface area (Å²) in [6.07, 6.45) is 0.0456. The number of methoxy groups -OCH3 is 2. The highest BCUT2D eigenvalue weighted by Gasteiger charge is 2.49. The van der Waals surface area contributed by atoms with Crippen LogP contribution in [0.5, 0.6) is 11.9 Å². The van der Waals surface area contributed by atoms with E-state index in [-0.39, 0.29) is 6.01 Å². The summed E-state index contributed by atoms with van der Waals surface area (Å²) in [5.41, 5.74) is 0.520. The van der Waals surface area contributed by atoms with E-state index >= 15 is 0 Å². The molecule has 0 bridgehead atoms. The van der Waals surface area contributed by atoms with Crippen molar-refractivity contribution in [2.24, 2.45) is 0 Å². The van der Waals surface area contributed by atoms with Crippen LogP contribution in [-0.2, 0) is 15.1 Å². The van der Waals surface area contributed by atoms with Gasteiger partial charge in [-0.1, -0.05) is 60.7 Å². The van der Waals surface area contributed by atoms with Crippen LogP contribution in [0, 0.1) is 6.92 Å². The molecule has 0 spiro atoms. The molecule has 0 unspecified atom stereocenters. The number of hydrogen-bond acceptors (Lipinski definition) is 6. The van der Waals surface area contributed by atoms with Crippen LogP contribution in [0.15, 0.2) is 66.9 Å². The number of aromatic nitrogens is 2. The SMILES string of the molecule is COc1nc(O[C@H](C(=O)O)C(OC)(c2ccccc2)c2ccccc2)ncc1C. The molecule has 1 N–H and O–H groups in total. The third kappa shape index (κ3) is 3.90. The molecular formula is C22H22N2O5. The first kappa shape index (κ1) is 20.3. The quantitative estimate of drug-likeness (QED) is 0.627. The Balaban J connectivity index is 2.17. The van der Waals surface area contributed by atoms with Gasteiger partial charge in [0.05, 0.1) is 7.11 Å². The lowest BCUT2D eigenvalue weighted by Gasteiger charge is -2.37. The van der Waals surface area contributed by atoms with Gasteiger partial charge in [-0.05, 0) is 18.1 Å². The van der Waals surface area contributed by atoms with Gasteiger partial charge in [0, 0.05) is 18.9 Å². The van der Waals surface area contributed by atoms with Crippen molar-refractivity contribution in [2.45, 2.75) is 18.6 Å². The number of carboxylic acids is 1. The van der Waals surface area contributed by atoms with E-state index < -0.39 is 17.7 Å². The zero-order valence-corrected chi connectivity index (χ0v) is 16.4. The zero-order valence-electron chi connectivity index (χ0n) is 16.4. The lowest BCUT2D eigenvalue weighted by molar-refractivity contribution is -0.160. The number of ether oxygens (including phenoxy) is 3. The first-order chi connectivity index (χ1) is 14.0. The van der Waals surface area contributed by atoms with Gasteiger partial charge in [0.25, 0.3) is 0 Å². The van der Waals surface area contributed by atoms with E-state index in [2.05, 4.69) is 9.97 Å². The monoisotopic (exact) mass is 394 g/mol. The lowest BCUT2D eigenvalue weighted by Crippen LogP contribution is -2.50. The molecule has 2 aromatic carbocycles. The van der Waals surface area contributed by atoms with Crippen molar-refractivity contribution < 1.29 is 24.1 Å². The van der Waals surface area contributed by atoms with Gasteiger partial charge in [0.15, 0.2) is 5.60 Å². The molecule has 0 radical (unpaired) electrons. The number of aliphatic carboxylic acids is 1. The topological polar surface area (TPSA) is 90.8 Å². The maximum absolute atomic E-state index is 12.4. The highest BCUT2D eigenvalue weighted by molar-refractivity contribution is 5.76. The molecular weight excluding hydrogens is 372 g/mol. The van der Waals surface area contributed by atoms with Crippen LogP contribution in [0.2, 0.25) is 0 Å². The molecule has 0 aliphatic heterocycles. The number of nitrogens with zero attached hydrogens (tertiary/aromatic N) is 2. The van der Waals surface area contributed by atoms with Gasteiger partial charge < -0.3 is 19.3 Å². The Morgan fingerprint density at radius 2 is 1.55 bits per heavy atom. The zero-order chi connectivity index (χ0) is 20.9. The van der Waals surface area contributed by atoms with Gasteiger partial charge >= 0.3 is 12.0 Å². The number of carbonyl (C=O) groups is 1. The van der Waals surface area contributed by atoms with Gasteiger partial charge in [0.1, 0.15) is 0 Å². The summed E-state index contributed by atoms with van der Waals surface area (Å²) < 4.78 is 16.9. The molecule has 1 aromatic heterocycles. The lowest BCUT2D eigenvalue weighted by atomic mass is 9.81. The molecule has 3 aromatic rings. The van der Waals surface area contributed by atoms with Gasteiger partial charge in [-0.2, -0.15) is 4.98 Å². The molecule has 1 heterocycles. The molecule has 0 amide bonds. The Kier molecular flexibility index (Phi) is 6.09. The van der Waals surface area contributed by atoms with Crippen molar-refractivity contribution in [1.82, 2.24) is 9.97 Å². The van der Waals surface area contributed by atoms with E-state index in [4.69, 9.17) is 14.2 Å². The van der Waals surface area contributed by atoms with E-state index in [0.29, 0.717) is 22.6 Å². The Hall–Kier alpha value is -3.45. The largest absolute Gasteiger partial charge is 0.481 e. The second-order valence-electron chi connectivity index (χ2n) is 6.35. The van der Waals surface area contributed by atoms with Crippen molar-refractivity contribution in [2.75, 3.05) is 14.2 Å². The van der Waals surface area contributed by atoms with E-state index in [9.17, 15) is 9.90 Å². The van der Waals surface area contributed by atoms with Gasteiger partial charge in [0.2, 0.25) is 12.0 Å². The van der Waals surface area contributed by atoms with Crippen molar-refractivity contribution in [3.05, 3.63) is 83.6 Å². The fourth-order valence-corrected chi connectivity index (χ4v) is 3.27. The average molecular weight is 394 g/mol. The van der Waals surface area contributed by atoms with Gasteiger partial charge in [-0.3, -0.25) is 0 Å². The molecule has 7 nitrogen and oxygen atoms in total. The van der Waals surface area contributed by atoms with E-state index in [1.165, 1.54) is 20.4 Å². The Morgan fingerprint density at radius 1 is 1.00 bits per heavy atom. The van der Waals surface area contributed by atoms with E-state index in [1.807, 2.05) is 36.4 Å². The fraction of sp³-hybridized carbons (Fsp3) is 0.227. The second kappa shape index (κ2) is 8.70. The van der Waals surface area contributed by atoms with Crippen LogP contribution in [0.25, 0.3) is 0 Å². The Morgan fingerprint density at radius 3 is 2.00 bits per heavy atom. The third-order valence-electron chi connectivity index (χ3n) is 4.64. The molecule has 7 heteroatoms. The molecule has 150 valence electrons. The molecule has 29 heavy (non-hydrogen) atoms. The van der Waals surface area contributed by atoms with Crippen molar-refractivity contribution in [3.8, 4) is 11.9 Å². The van der Waals surface area contributed by atoms with Crippen molar-refractivity contribution in [1.29, 1.82) is 0 Å². The van der Waals surface area contributed by atoms with E-state index in [1.54, 1.807) is 31.2 Å². The standard InChI is InChI=1S/C22H22N2O5/c1-15-14-23-21(24-19(15)27-2)29-18(20(25)26)22(28-3,16-10-6-4-7-11-16)17-12-8-5-9-13-17/h4-14,18H,1-3H3,(H,25,26)/t18-/m1/s1. The minimum Gasteiger partial charge on any atom is -0.481 e. The highest BCUT2D eigenvalue weighted by Crippen LogP contribution is 2.38. The summed E-state index contributed by atoms with van der Waals surface area (Å²) in [6, 6.07) is 18.0.